The zero-order chi connectivity index (χ0) is 16.0. The maximum absolute atomic E-state index is 2.70. The van der Waals surface area contributed by atoms with E-state index in [-0.39, 0.29) is 10.8 Å². The highest BCUT2D eigenvalue weighted by Gasteiger charge is 2.33. The Balaban J connectivity index is 5.79. The summed E-state index contributed by atoms with van der Waals surface area (Å²) >= 11 is 0. The lowest BCUT2D eigenvalue weighted by Crippen LogP contribution is -2.27. The standard InChI is InChI=1S/C20H40/c1-10-13-20(14-11-2,15-12-3)16-17(18(4,5)6)19(7,8)9/h16H,10-15H2,1-9H3. The highest BCUT2D eigenvalue weighted by molar-refractivity contribution is 5.22. The Morgan fingerprint density at radius 1 is 0.650 bits per heavy atom. The topological polar surface area (TPSA) is 0 Å². The predicted molar refractivity (Wildman–Crippen MR) is 94.2 cm³/mol. The van der Waals surface area contributed by atoms with Gasteiger partial charge in [0.2, 0.25) is 0 Å². The Morgan fingerprint density at radius 2 is 0.950 bits per heavy atom. The van der Waals surface area contributed by atoms with Crippen molar-refractivity contribution in [2.75, 3.05) is 0 Å². The molecule has 0 atom stereocenters. The van der Waals surface area contributed by atoms with Crippen molar-refractivity contribution in [3.05, 3.63) is 11.6 Å². The molecule has 0 aliphatic heterocycles. The summed E-state index contributed by atoms with van der Waals surface area (Å²) < 4.78 is 0. The first-order chi connectivity index (χ1) is 9.02. The van der Waals surface area contributed by atoms with Gasteiger partial charge < -0.3 is 0 Å². The van der Waals surface area contributed by atoms with Crippen LogP contribution in [0.4, 0.5) is 0 Å². The lowest BCUT2D eigenvalue weighted by atomic mass is 9.66. The normalized spacial score (nSPS) is 13.4. The number of rotatable bonds is 7. The van der Waals surface area contributed by atoms with Gasteiger partial charge in [-0.1, -0.05) is 93.2 Å². The van der Waals surface area contributed by atoms with Gasteiger partial charge in [0.1, 0.15) is 0 Å². The van der Waals surface area contributed by atoms with E-state index in [1.165, 1.54) is 38.5 Å². The molecule has 120 valence electrons. The summed E-state index contributed by atoms with van der Waals surface area (Å²) in [6.45, 7) is 21.2. The van der Waals surface area contributed by atoms with Gasteiger partial charge in [0.05, 0.1) is 0 Å². The lowest BCUT2D eigenvalue weighted by molar-refractivity contribution is 0.268. The molecule has 0 saturated carbocycles. The average molecular weight is 281 g/mol. The van der Waals surface area contributed by atoms with Crippen molar-refractivity contribution in [2.45, 2.75) is 101 Å². The number of allylic oxidation sites excluding steroid dienone is 2. The predicted octanol–water partition coefficient (Wildman–Crippen LogP) is 7.39. The quantitative estimate of drug-likeness (QED) is 0.426. The SMILES string of the molecule is CCCC(C=C(C(C)(C)C)C(C)(C)C)(CCC)CCC. The van der Waals surface area contributed by atoms with Gasteiger partial charge in [0.25, 0.3) is 0 Å². The molecule has 0 N–H and O–H groups in total. The highest BCUT2D eigenvalue weighted by Crippen LogP contribution is 2.46. The molecule has 0 nitrogen and oxygen atoms in total. The van der Waals surface area contributed by atoms with Crippen LogP contribution in [0, 0.1) is 16.2 Å². The third-order valence-corrected chi connectivity index (χ3v) is 4.31. The summed E-state index contributed by atoms with van der Waals surface area (Å²) in [6.07, 6.45) is 10.6. The van der Waals surface area contributed by atoms with Gasteiger partial charge in [-0.3, -0.25) is 0 Å². The fraction of sp³-hybridized carbons (Fsp3) is 0.900. The molecular formula is C20H40. The number of hydrogen-bond acceptors (Lipinski definition) is 0. The van der Waals surface area contributed by atoms with E-state index >= 15 is 0 Å². The minimum atomic E-state index is 0.263. The van der Waals surface area contributed by atoms with Gasteiger partial charge in [0.15, 0.2) is 0 Å². The van der Waals surface area contributed by atoms with E-state index in [1.807, 2.05) is 0 Å². The molecular weight excluding hydrogens is 240 g/mol. The summed E-state index contributed by atoms with van der Waals surface area (Å²) in [5.41, 5.74) is 2.59. The molecule has 0 aromatic heterocycles. The van der Waals surface area contributed by atoms with E-state index in [4.69, 9.17) is 0 Å². The Labute approximate surface area is 129 Å². The van der Waals surface area contributed by atoms with E-state index in [1.54, 1.807) is 5.57 Å². The molecule has 20 heavy (non-hydrogen) atoms. The molecule has 0 heteroatoms. The maximum atomic E-state index is 2.70. The summed E-state index contributed by atoms with van der Waals surface area (Å²) in [5.74, 6) is 0. The van der Waals surface area contributed by atoms with E-state index in [2.05, 4.69) is 68.4 Å². The van der Waals surface area contributed by atoms with Crippen LogP contribution >= 0.6 is 0 Å². The largest absolute Gasteiger partial charge is 0.0780 e. The zero-order valence-corrected chi connectivity index (χ0v) is 15.8. The van der Waals surface area contributed by atoms with Crippen molar-refractivity contribution in [1.29, 1.82) is 0 Å². The van der Waals surface area contributed by atoms with E-state index < -0.39 is 0 Å². The summed E-state index contributed by atoms with van der Waals surface area (Å²) in [4.78, 5) is 0. The second kappa shape index (κ2) is 7.66. The van der Waals surface area contributed by atoms with Gasteiger partial charge in [-0.15, -0.1) is 0 Å². The molecule has 0 aromatic rings. The van der Waals surface area contributed by atoms with E-state index in [9.17, 15) is 0 Å². The van der Waals surface area contributed by atoms with Gasteiger partial charge in [-0.25, -0.2) is 0 Å². The van der Waals surface area contributed by atoms with Crippen molar-refractivity contribution in [2.24, 2.45) is 16.2 Å². The minimum absolute atomic E-state index is 0.263. The molecule has 0 aromatic carbocycles. The molecule has 0 fully saturated rings. The van der Waals surface area contributed by atoms with Crippen LogP contribution in [0.1, 0.15) is 101 Å². The lowest BCUT2D eigenvalue weighted by Gasteiger charge is -2.40. The van der Waals surface area contributed by atoms with Gasteiger partial charge in [-0.05, 0) is 35.5 Å². The fourth-order valence-corrected chi connectivity index (χ4v) is 3.95. The monoisotopic (exact) mass is 280 g/mol. The van der Waals surface area contributed by atoms with Gasteiger partial charge in [0, 0.05) is 0 Å². The molecule has 0 amide bonds. The fourth-order valence-electron chi connectivity index (χ4n) is 3.95. The molecule has 0 saturated heterocycles. The van der Waals surface area contributed by atoms with E-state index in [0.29, 0.717) is 5.41 Å². The van der Waals surface area contributed by atoms with Crippen LogP contribution in [-0.2, 0) is 0 Å². The Kier molecular flexibility index (Phi) is 7.56. The molecule has 0 rings (SSSR count). The van der Waals surface area contributed by atoms with Crippen LogP contribution in [0.3, 0.4) is 0 Å². The highest BCUT2D eigenvalue weighted by atomic mass is 14.4. The van der Waals surface area contributed by atoms with Crippen molar-refractivity contribution in [1.82, 2.24) is 0 Å². The third-order valence-electron chi connectivity index (χ3n) is 4.31. The van der Waals surface area contributed by atoms with Crippen molar-refractivity contribution >= 4 is 0 Å². The van der Waals surface area contributed by atoms with Crippen LogP contribution in [0.5, 0.6) is 0 Å². The molecule has 0 heterocycles. The minimum Gasteiger partial charge on any atom is -0.0780 e. The summed E-state index contributed by atoms with van der Waals surface area (Å²) in [6, 6.07) is 0. The first-order valence-electron chi connectivity index (χ1n) is 8.76. The van der Waals surface area contributed by atoms with E-state index in [0.717, 1.165) is 0 Å². The molecule has 0 unspecified atom stereocenters. The van der Waals surface area contributed by atoms with Crippen LogP contribution in [-0.4, -0.2) is 0 Å². The zero-order valence-electron chi connectivity index (χ0n) is 15.8. The molecule has 0 radical (unpaired) electrons. The van der Waals surface area contributed by atoms with Gasteiger partial charge >= 0.3 is 0 Å². The van der Waals surface area contributed by atoms with Crippen LogP contribution in [0.25, 0.3) is 0 Å². The first-order valence-corrected chi connectivity index (χ1v) is 8.76. The first kappa shape index (κ1) is 19.7. The second-order valence-electron chi connectivity index (χ2n) is 8.67. The maximum Gasteiger partial charge on any atom is -0.0115 e. The Morgan fingerprint density at radius 3 is 1.15 bits per heavy atom. The average Bonchev–Trinajstić information content (AvgIpc) is 2.24. The summed E-state index contributed by atoms with van der Waals surface area (Å²) in [5, 5.41) is 0. The second-order valence-corrected chi connectivity index (χ2v) is 8.67. The molecule has 0 bridgehead atoms. The Bertz CT molecular complexity index is 260. The molecule has 0 aliphatic carbocycles. The smallest absolute Gasteiger partial charge is 0.0115 e. The molecule has 0 aliphatic rings. The van der Waals surface area contributed by atoms with Crippen molar-refractivity contribution < 1.29 is 0 Å². The van der Waals surface area contributed by atoms with Crippen LogP contribution in [0.15, 0.2) is 11.6 Å². The third kappa shape index (κ3) is 6.02. The molecule has 0 spiro atoms. The van der Waals surface area contributed by atoms with Crippen LogP contribution in [0.2, 0.25) is 0 Å². The van der Waals surface area contributed by atoms with Crippen molar-refractivity contribution in [3.63, 3.8) is 0 Å². The number of hydrogen-bond donors (Lipinski definition) is 0. The Hall–Kier alpha value is -0.260. The van der Waals surface area contributed by atoms with Crippen LogP contribution < -0.4 is 0 Å². The van der Waals surface area contributed by atoms with Gasteiger partial charge in [-0.2, -0.15) is 0 Å². The van der Waals surface area contributed by atoms with Crippen molar-refractivity contribution in [3.8, 4) is 0 Å². The summed E-state index contributed by atoms with van der Waals surface area (Å²) in [7, 11) is 0.